The van der Waals surface area contributed by atoms with Crippen molar-refractivity contribution in [3.05, 3.63) is 0 Å². The summed E-state index contributed by atoms with van der Waals surface area (Å²) >= 11 is 0. The summed E-state index contributed by atoms with van der Waals surface area (Å²) < 4.78 is 6.09. The number of hydrogen-bond acceptors (Lipinski definition) is 2. The fraction of sp³-hybridized carbons (Fsp3) is 0.980. The van der Waals surface area contributed by atoms with E-state index in [-0.39, 0.29) is 11.4 Å². The number of rotatable bonds is 45. The average molecular weight is 733 g/mol. The van der Waals surface area contributed by atoms with Gasteiger partial charge in [-0.05, 0) is 25.7 Å². The lowest BCUT2D eigenvalue weighted by atomic mass is 9.76. The first kappa shape index (κ1) is 51.5. The molecule has 0 bridgehead atoms. The summed E-state index contributed by atoms with van der Waals surface area (Å²) in [6.45, 7) is 9.94. The van der Waals surface area contributed by atoms with Crippen LogP contribution in [0.5, 0.6) is 0 Å². The van der Waals surface area contributed by atoms with Crippen LogP contribution in [0, 0.1) is 5.41 Å². The number of hydrogen-bond donors (Lipinski definition) is 0. The van der Waals surface area contributed by atoms with Gasteiger partial charge in [-0.1, -0.05) is 272 Å². The van der Waals surface area contributed by atoms with Crippen molar-refractivity contribution in [1.29, 1.82) is 0 Å². The van der Waals surface area contributed by atoms with Crippen LogP contribution in [0.3, 0.4) is 0 Å². The normalized spacial score (nSPS) is 11.8. The van der Waals surface area contributed by atoms with E-state index < -0.39 is 0 Å². The van der Waals surface area contributed by atoms with Crippen molar-refractivity contribution >= 4 is 5.97 Å². The van der Waals surface area contributed by atoms with Crippen molar-refractivity contribution in [1.82, 2.24) is 0 Å². The highest BCUT2D eigenvalue weighted by Crippen LogP contribution is 2.36. The molecule has 0 fully saturated rings. The number of ether oxygens (including phenoxy) is 1. The third kappa shape index (κ3) is 37.8. The van der Waals surface area contributed by atoms with Crippen LogP contribution < -0.4 is 0 Å². The van der Waals surface area contributed by atoms with Crippen LogP contribution in [0.15, 0.2) is 0 Å². The summed E-state index contributed by atoms with van der Waals surface area (Å²) in [6.07, 6.45) is 58.3. The monoisotopic (exact) mass is 733 g/mol. The van der Waals surface area contributed by atoms with Gasteiger partial charge in [0.1, 0.15) is 0 Å². The van der Waals surface area contributed by atoms with E-state index in [9.17, 15) is 4.79 Å². The van der Waals surface area contributed by atoms with Crippen LogP contribution in [-0.4, -0.2) is 12.6 Å². The molecule has 0 spiro atoms. The zero-order valence-electron chi connectivity index (χ0n) is 36.9. The number of carbonyl (C=O) groups is 1. The molecule has 0 saturated carbocycles. The molecule has 0 aliphatic carbocycles. The Balaban J connectivity index is 4.28. The molecule has 0 heterocycles. The van der Waals surface area contributed by atoms with E-state index in [1.165, 1.54) is 257 Å². The van der Waals surface area contributed by atoms with Crippen LogP contribution in [0.1, 0.15) is 304 Å². The standard InChI is InChI=1S/C50H100O2/c1-5-9-12-15-18-21-24-27-28-29-30-33-36-39-42-45-49(51)52-48-50(8-4,46-43-40-37-34-31-25-22-19-16-13-10-6-2)47-44-41-38-35-32-26-23-20-17-14-11-7-3/h5-48H2,1-4H3. The molecule has 0 aromatic carbocycles. The van der Waals surface area contributed by atoms with Crippen LogP contribution in [-0.2, 0) is 9.53 Å². The van der Waals surface area contributed by atoms with E-state index in [0.29, 0.717) is 13.0 Å². The molecule has 0 N–H and O–H groups in total. The lowest BCUT2D eigenvalue weighted by Gasteiger charge is -2.33. The maximum absolute atomic E-state index is 12.9. The van der Waals surface area contributed by atoms with Crippen LogP contribution >= 0.6 is 0 Å². The third-order valence-corrected chi connectivity index (χ3v) is 12.4. The van der Waals surface area contributed by atoms with E-state index in [4.69, 9.17) is 4.74 Å². The minimum absolute atomic E-state index is 0.0666. The average Bonchev–Trinajstić information content (AvgIpc) is 3.16. The quantitative estimate of drug-likeness (QED) is 0.0460. The molecule has 312 valence electrons. The van der Waals surface area contributed by atoms with Crippen molar-refractivity contribution in [2.24, 2.45) is 5.41 Å². The minimum atomic E-state index is 0.0666. The summed E-state index contributed by atoms with van der Waals surface area (Å²) in [4.78, 5) is 12.9. The van der Waals surface area contributed by atoms with E-state index in [0.717, 1.165) is 12.8 Å². The SMILES string of the molecule is CCCCCCCCCCCCCCCCCC(=O)OCC(CC)(CCCCCCCCCCCCCC)CCCCCCCCCCCCCC. The van der Waals surface area contributed by atoms with Crippen molar-refractivity contribution < 1.29 is 9.53 Å². The maximum atomic E-state index is 12.9. The third-order valence-electron chi connectivity index (χ3n) is 12.4. The van der Waals surface area contributed by atoms with E-state index >= 15 is 0 Å². The van der Waals surface area contributed by atoms with Gasteiger partial charge in [-0.25, -0.2) is 0 Å². The Labute approximate surface area is 330 Å². The molecule has 0 aromatic heterocycles. The smallest absolute Gasteiger partial charge is 0.305 e. The highest BCUT2D eigenvalue weighted by atomic mass is 16.5. The lowest BCUT2D eigenvalue weighted by Crippen LogP contribution is -2.28. The van der Waals surface area contributed by atoms with Gasteiger partial charge in [-0.15, -0.1) is 0 Å². The molecule has 2 heteroatoms. The van der Waals surface area contributed by atoms with Gasteiger partial charge in [0.15, 0.2) is 0 Å². The Morgan fingerprint density at radius 1 is 0.327 bits per heavy atom. The molecule has 0 radical (unpaired) electrons. The van der Waals surface area contributed by atoms with Gasteiger partial charge in [-0.3, -0.25) is 4.79 Å². The van der Waals surface area contributed by atoms with E-state index in [1.807, 2.05) is 0 Å². The molecule has 0 rings (SSSR count). The van der Waals surface area contributed by atoms with Crippen LogP contribution in [0.2, 0.25) is 0 Å². The van der Waals surface area contributed by atoms with Crippen molar-refractivity contribution in [2.75, 3.05) is 6.61 Å². The second-order valence-electron chi connectivity index (χ2n) is 17.5. The Hall–Kier alpha value is -0.530. The fourth-order valence-electron chi connectivity index (χ4n) is 8.35. The Morgan fingerprint density at radius 2 is 0.558 bits per heavy atom. The van der Waals surface area contributed by atoms with Crippen molar-refractivity contribution in [3.63, 3.8) is 0 Å². The molecule has 52 heavy (non-hydrogen) atoms. The number of esters is 1. The topological polar surface area (TPSA) is 26.3 Å². The zero-order valence-corrected chi connectivity index (χ0v) is 36.9. The predicted molar refractivity (Wildman–Crippen MR) is 235 cm³/mol. The molecule has 0 aliphatic rings. The summed E-state index contributed by atoms with van der Waals surface area (Å²) in [5, 5.41) is 0. The highest BCUT2D eigenvalue weighted by molar-refractivity contribution is 5.69. The fourth-order valence-corrected chi connectivity index (χ4v) is 8.35. The summed E-state index contributed by atoms with van der Waals surface area (Å²) in [5.74, 6) is 0.0666. The molecule has 0 amide bonds. The summed E-state index contributed by atoms with van der Waals surface area (Å²) in [7, 11) is 0. The molecule has 0 saturated heterocycles. The van der Waals surface area contributed by atoms with Gasteiger partial charge in [0.25, 0.3) is 0 Å². The second kappa shape index (κ2) is 43.2. The summed E-state index contributed by atoms with van der Waals surface area (Å²) in [6, 6.07) is 0. The molecular formula is C50H100O2. The molecule has 2 nitrogen and oxygen atoms in total. The van der Waals surface area contributed by atoms with Gasteiger partial charge in [0.05, 0.1) is 6.61 Å². The van der Waals surface area contributed by atoms with Crippen LogP contribution in [0.25, 0.3) is 0 Å². The first-order valence-corrected chi connectivity index (χ1v) is 24.8. The first-order chi connectivity index (χ1) is 25.6. The van der Waals surface area contributed by atoms with Gasteiger partial charge < -0.3 is 4.74 Å². The Bertz CT molecular complexity index is 643. The molecule has 0 aromatic rings. The Kier molecular flexibility index (Phi) is 42.8. The molecule has 0 unspecified atom stereocenters. The Morgan fingerprint density at radius 3 is 0.808 bits per heavy atom. The largest absolute Gasteiger partial charge is 0.465 e. The van der Waals surface area contributed by atoms with Gasteiger partial charge >= 0.3 is 5.97 Å². The zero-order chi connectivity index (χ0) is 37.9. The number of unbranched alkanes of at least 4 members (excludes halogenated alkanes) is 36. The molecule has 0 aliphatic heterocycles. The minimum Gasteiger partial charge on any atom is -0.465 e. The van der Waals surface area contributed by atoms with Gasteiger partial charge in [-0.2, -0.15) is 0 Å². The van der Waals surface area contributed by atoms with Crippen molar-refractivity contribution in [2.45, 2.75) is 304 Å². The highest BCUT2D eigenvalue weighted by Gasteiger charge is 2.29. The van der Waals surface area contributed by atoms with Crippen molar-refractivity contribution in [3.8, 4) is 0 Å². The summed E-state index contributed by atoms with van der Waals surface area (Å²) in [5.41, 5.74) is 0.196. The van der Waals surface area contributed by atoms with Gasteiger partial charge in [0, 0.05) is 11.8 Å². The van der Waals surface area contributed by atoms with E-state index in [1.54, 1.807) is 0 Å². The molecular weight excluding hydrogens is 633 g/mol. The van der Waals surface area contributed by atoms with E-state index in [2.05, 4.69) is 27.7 Å². The van der Waals surface area contributed by atoms with Crippen LogP contribution in [0.4, 0.5) is 0 Å². The van der Waals surface area contributed by atoms with Gasteiger partial charge in [0.2, 0.25) is 0 Å². The maximum Gasteiger partial charge on any atom is 0.305 e. The second-order valence-corrected chi connectivity index (χ2v) is 17.5. The number of carbonyl (C=O) groups excluding carboxylic acids is 1. The first-order valence-electron chi connectivity index (χ1n) is 24.8. The predicted octanol–water partition coefficient (Wildman–Crippen LogP) is 18.4. The lowest BCUT2D eigenvalue weighted by molar-refractivity contribution is -0.148. The molecule has 0 atom stereocenters.